The Kier molecular flexibility index (Phi) is 6.12. The van der Waals surface area contributed by atoms with Gasteiger partial charge in [0.1, 0.15) is 0 Å². The van der Waals surface area contributed by atoms with Crippen LogP contribution in [0, 0.1) is 0 Å². The minimum absolute atomic E-state index is 0.00840. The van der Waals surface area contributed by atoms with Crippen molar-refractivity contribution in [1.29, 1.82) is 0 Å². The third kappa shape index (κ3) is 4.53. The Labute approximate surface area is 233 Å². The van der Waals surface area contributed by atoms with Crippen molar-refractivity contribution in [1.82, 2.24) is 15.6 Å². The van der Waals surface area contributed by atoms with E-state index >= 15 is 0 Å². The van der Waals surface area contributed by atoms with E-state index in [0.29, 0.717) is 23.6 Å². The van der Waals surface area contributed by atoms with Crippen LogP contribution in [-0.2, 0) is 10.2 Å². The lowest BCUT2D eigenvalue weighted by Gasteiger charge is -2.20. The van der Waals surface area contributed by atoms with Crippen LogP contribution < -0.4 is 10.6 Å². The number of fused-ring (bicyclic) bond motifs is 3. The number of pyridine rings is 1. The molecule has 1 aliphatic carbocycles. The molecule has 0 fully saturated rings. The summed E-state index contributed by atoms with van der Waals surface area (Å²) >= 11 is 3.60. The molecule has 1 atom stereocenters. The van der Waals surface area contributed by atoms with Gasteiger partial charge in [0, 0.05) is 26.6 Å². The molecule has 196 valence electrons. The number of nitrogens with one attached hydrogen (secondary N) is 2. The van der Waals surface area contributed by atoms with Crippen molar-refractivity contribution in [2.75, 3.05) is 6.54 Å². The highest BCUT2D eigenvalue weighted by Gasteiger charge is 2.38. The quantitative estimate of drug-likeness (QED) is 0.297. The van der Waals surface area contributed by atoms with Gasteiger partial charge in [-0.1, -0.05) is 26.0 Å². The highest BCUT2D eigenvalue weighted by Crippen LogP contribution is 2.54. The third-order valence-corrected chi connectivity index (χ3v) is 9.35. The van der Waals surface area contributed by atoms with Gasteiger partial charge in [-0.05, 0) is 76.8 Å². The van der Waals surface area contributed by atoms with Crippen LogP contribution in [0.2, 0.25) is 0 Å². The van der Waals surface area contributed by atoms with Crippen LogP contribution in [0.15, 0.2) is 77.4 Å². The van der Waals surface area contributed by atoms with Crippen LogP contribution in [0.5, 0.6) is 0 Å². The molecule has 0 spiro atoms. The molecular weight excluding hydrogens is 530 g/mol. The zero-order valence-corrected chi connectivity index (χ0v) is 22.8. The highest BCUT2D eigenvalue weighted by molar-refractivity contribution is 7.22. The normalized spacial score (nSPS) is 18.9. The second-order valence-electron chi connectivity index (χ2n) is 10.0. The molecule has 1 unspecified atom stereocenters. The van der Waals surface area contributed by atoms with Gasteiger partial charge >= 0.3 is 11.9 Å². The molecular formula is C30H25N3O4S2. The number of carboxylic acids is 2. The summed E-state index contributed by atoms with van der Waals surface area (Å²) in [5, 5.41) is 27.6. The van der Waals surface area contributed by atoms with Gasteiger partial charge in [-0.2, -0.15) is 0 Å². The number of aromatic nitrogens is 1. The molecule has 0 saturated carbocycles. The van der Waals surface area contributed by atoms with Crippen LogP contribution >= 0.6 is 22.7 Å². The molecule has 4 N–H and O–H groups in total. The number of dihydropyridines is 2. The van der Waals surface area contributed by atoms with Crippen LogP contribution in [0.1, 0.15) is 57.6 Å². The molecule has 0 aromatic carbocycles. The summed E-state index contributed by atoms with van der Waals surface area (Å²) in [6, 6.07) is 7.15. The average molecular weight is 556 g/mol. The van der Waals surface area contributed by atoms with E-state index in [-0.39, 0.29) is 22.6 Å². The Bertz CT molecular complexity index is 1680. The molecule has 0 radical (unpaired) electrons. The Morgan fingerprint density at radius 3 is 2.74 bits per heavy atom. The number of rotatable bonds is 6. The standard InChI is InChI=1S/C30H25N3O4S2/c1-30(2)20-7-10-38-26(20)27-21(30)15-19(39-27)4-3-16-5-8-31-22(11-16)24-13-18(29(36)37)14-25(33-24)23-12-17(28(34)35)6-9-32-23/h3-8,10-15,22,31-32H,9H2,1-2H3,(H,34,35)(H,36,37)/b4-3+. The van der Waals surface area contributed by atoms with Gasteiger partial charge in [-0.25, -0.2) is 14.6 Å². The highest BCUT2D eigenvalue weighted by atomic mass is 32.1. The van der Waals surface area contributed by atoms with Gasteiger partial charge in [-0.3, -0.25) is 0 Å². The van der Waals surface area contributed by atoms with Crippen LogP contribution in [-0.4, -0.2) is 33.7 Å². The van der Waals surface area contributed by atoms with Crippen LogP contribution in [0.4, 0.5) is 0 Å². The Hall–Kier alpha value is -4.21. The predicted molar refractivity (Wildman–Crippen MR) is 155 cm³/mol. The van der Waals surface area contributed by atoms with Crippen molar-refractivity contribution in [2.24, 2.45) is 0 Å². The summed E-state index contributed by atoms with van der Waals surface area (Å²) in [7, 11) is 0. The monoisotopic (exact) mass is 555 g/mol. The zero-order valence-electron chi connectivity index (χ0n) is 21.2. The Morgan fingerprint density at radius 2 is 1.95 bits per heavy atom. The van der Waals surface area contributed by atoms with Crippen molar-refractivity contribution < 1.29 is 19.8 Å². The summed E-state index contributed by atoms with van der Waals surface area (Å²) < 4.78 is 0. The first kappa shape index (κ1) is 25.1. The van der Waals surface area contributed by atoms with Crippen molar-refractivity contribution in [3.05, 3.63) is 110 Å². The van der Waals surface area contributed by atoms with Gasteiger partial charge in [-0.15, -0.1) is 22.7 Å². The third-order valence-electron chi connectivity index (χ3n) is 7.17. The molecule has 39 heavy (non-hydrogen) atoms. The van der Waals surface area contributed by atoms with E-state index in [0.717, 1.165) is 5.57 Å². The Balaban J connectivity index is 1.29. The van der Waals surface area contributed by atoms with Gasteiger partial charge in [0.25, 0.3) is 0 Å². The number of hydrogen-bond acceptors (Lipinski definition) is 7. The first-order valence-electron chi connectivity index (χ1n) is 12.4. The van der Waals surface area contributed by atoms with Crippen LogP contribution in [0.25, 0.3) is 21.5 Å². The fourth-order valence-corrected chi connectivity index (χ4v) is 7.53. The van der Waals surface area contributed by atoms with Gasteiger partial charge in [0.2, 0.25) is 0 Å². The largest absolute Gasteiger partial charge is 0.478 e. The maximum absolute atomic E-state index is 11.9. The number of hydrogen-bond donors (Lipinski definition) is 4. The van der Waals surface area contributed by atoms with Crippen LogP contribution in [0.3, 0.4) is 0 Å². The summed E-state index contributed by atoms with van der Waals surface area (Å²) in [6.07, 6.45) is 13.0. The first-order valence-corrected chi connectivity index (χ1v) is 14.1. The van der Waals surface area contributed by atoms with E-state index in [4.69, 9.17) is 4.98 Å². The molecule has 3 aliphatic rings. The molecule has 0 saturated heterocycles. The number of allylic oxidation sites excluding steroid dienone is 3. The molecule has 7 nitrogen and oxygen atoms in total. The van der Waals surface area contributed by atoms with Crippen molar-refractivity contribution in [2.45, 2.75) is 25.3 Å². The molecule has 0 bridgehead atoms. The average Bonchev–Trinajstić information content (AvgIpc) is 3.63. The van der Waals surface area contributed by atoms with E-state index in [1.807, 2.05) is 18.4 Å². The van der Waals surface area contributed by atoms with Gasteiger partial charge in [0.05, 0.1) is 34.3 Å². The molecule has 6 rings (SSSR count). The van der Waals surface area contributed by atoms with E-state index < -0.39 is 11.9 Å². The minimum atomic E-state index is -1.08. The van der Waals surface area contributed by atoms with E-state index in [9.17, 15) is 19.8 Å². The maximum atomic E-state index is 11.9. The Morgan fingerprint density at radius 1 is 1.10 bits per heavy atom. The smallest absolute Gasteiger partial charge is 0.335 e. The minimum Gasteiger partial charge on any atom is -0.478 e. The van der Waals surface area contributed by atoms with Gasteiger partial charge < -0.3 is 20.8 Å². The summed E-state index contributed by atoms with van der Waals surface area (Å²) in [5.41, 5.74) is 5.34. The second kappa shape index (κ2) is 9.52. The molecule has 3 aromatic rings. The first-order chi connectivity index (χ1) is 18.7. The number of nitrogens with zero attached hydrogens (tertiary/aromatic N) is 1. The topological polar surface area (TPSA) is 112 Å². The lowest BCUT2D eigenvalue weighted by Crippen LogP contribution is -2.22. The van der Waals surface area contributed by atoms with Crippen molar-refractivity contribution in [3.63, 3.8) is 0 Å². The van der Waals surface area contributed by atoms with Crippen molar-refractivity contribution >= 4 is 46.4 Å². The SMILES string of the molecule is CC1(C)c2ccsc2-c2sc(/C=C/C3=CC(c4cc(C(=O)O)cc(C5=CC(C(=O)O)=CCN5)n4)NC=C3)cc21. The molecule has 2 aliphatic heterocycles. The lowest BCUT2D eigenvalue weighted by atomic mass is 9.84. The van der Waals surface area contributed by atoms with E-state index in [2.05, 4.69) is 54.1 Å². The maximum Gasteiger partial charge on any atom is 0.335 e. The van der Waals surface area contributed by atoms with Gasteiger partial charge in [0.15, 0.2) is 0 Å². The fourth-order valence-electron chi connectivity index (χ4n) is 5.07. The lowest BCUT2D eigenvalue weighted by molar-refractivity contribution is -0.132. The molecule has 3 aromatic heterocycles. The number of thiophene rings is 2. The fraction of sp³-hybridized carbons (Fsp3) is 0.167. The van der Waals surface area contributed by atoms with E-state index in [1.54, 1.807) is 34.8 Å². The predicted octanol–water partition coefficient (Wildman–Crippen LogP) is 5.96. The molecule has 0 amide bonds. The molecule has 5 heterocycles. The van der Waals surface area contributed by atoms with E-state index in [1.165, 1.54) is 37.9 Å². The number of aromatic carboxylic acids is 1. The number of carbonyl (C=O) groups is 2. The summed E-state index contributed by atoms with van der Waals surface area (Å²) in [6.45, 7) is 4.87. The molecule has 9 heteroatoms. The number of carboxylic acid groups (broad SMARTS) is 2. The number of aliphatic carboxylic acids is 1. The van der Waals surface area contributed by atoms with Crippen molar-refractivity contribution in [3.8, 4) is 9.75 Å². The summed E-state index contributed by atoms with van der Waals surface area (Å²) in [4.78, 5) is 32.0. The zero-order chi connectivity index (χ0) is 27.3. The summed E-state index contributed by atoms with van der Waals surface area (Å²) in [5.74, 6) is -2.12. The second-order valence-corrected chi connectivity index (χ2v) is 12.0.